The number of rotatable bonds is 6. The SMILES string of the molecule is C=C(/N=C(N)\C=C(/N)CS(C)(=O)=O)c1ccc(NC(=O)N2CCCC(O)C2)cc1. The molecule has 1 aliphatic rings. The maximum atomic E-state index is 12.3. The molecular weight excluding hydrogens is 394 g/mol. The molecule has 0 radical (unpaired) electrons. The number of carbonyl (C=O) groups excluding carboxylic acids is 1. The van der Waals surface area contributed by atoms with Gasteiger partial charge in [-0.3, -0.25) is 0 Å². The zero-order chi connectivity index (χ0) is 21.6. The lowest BCUT2D eigenvalue weighted by atomic mass is 10.1. The molecule has 158 valence electrons. The lowest BCUT2D eigenvalue weighted by molar-refractivity contribution is 0.0883. The van der Waals surface area contributed by atoms with Crippen LogP contribution in [0.15, 0.2) is 47.6 Å². The van der Waals surface area contributed by atoms with Crippen LogP contribution in [0, 0.1) is 0 Å². The van der Waals surface area contributed by atoms with Gasteiger partial charge in [-0.05, 0) is 36.6 Å². The molecule has 0 spiro atoms. The van der Waals surface area contributed by atoms with Crippen molar-refractivity contribution in [3.8, 4) is 0 Å². The average Bonchev–Trinajstić information content (AvgIpc) is 2.60. The first-order valence-corrected chi connectivity index (χ1v) is 11.1. The number of carbonyl (C=O) groups is 1. The van der Waals surface area contributed by atoms with E-state index in [0.29, 0.717) is 36.5 Å². The third kappa shape index (κ3) is 7.59. The number of amidine groups is 1. The maximum absolute atomic E-state index is 12.3. The number of nitrogens with zero attached hydrogens (tertiary/aromatic N) is 2. The number of benzene rings is 1. The van der Waals surface area contributed by atoms with Gasteiger partial charge in [0.1, 0.15) is 5.84 Å². The molecule has 1 atom stereocenters. The summed E-state index contributed by atoms with van der Waals surface area (Å²) in [7, 11) is -3.25. The fraction of sp³-hybridized carbons (Fsp3) is 0.368. The molecule has 2 rings (SSSR count). The third-order valence-electron chi connectivity index (χ3n) is 4.18. The van der Waals surface area contributed by atoms with Gasteiger partial charge in [-0.1, -0.05) is 18.7 Å². The van der Waals surface area contributed by atoms with Gasteiger partial charge < -0.3 is 26.8 Å². The molecule has 1 fully saturated rings. The lowest BCUT2D eigenvalue weighted by Crippen LogP contribution is -2.44. The molecule has 6 N–H and O–H groups in total. The van der Waals surface area contributed by atoms with Gasteiger partial charge in [0.25, 0.3) is 0 Å². The predicted molar refractivity (Wildman–Crippen MR) is 115 cm³/mol. The minimum atomic E-state index is -3.25. The molecule has 0 saturated carbocycles. The number of β-amino-alcohol motifs (C(OH)–C–C–N with tert-alkyl or cyclic N) is 1. The van der Waals surface area contributed by atoms with Crippen LogP contribution in [0.2, 0.25) is 0 Å². The van der Waals surface area contributed by atoms with Crippen molar-refractivity contribution in [3.63, 3.8) is 0 Å². The number of likely N-dealkylation sites (tertiary alicyclic amines) is 1. The number of aliphatic hydroxyl groups excluding tert-OH is 1. The van der Waals surface area contributed by atoms with Gasteiger partial charge in [0.15, 0.2) is 9.84 Å². The minimum Gasteiger partial charge on any atom is -0.401 e. The first kappa shape index (κ1) is 22.4. The molecule has 0 aliphatic carbocycles. The third-order valence-corrected chi connectivity index (χ3v) is 5.04. The molecule has 1 saturated heterocycles. The van der Waals surface area contributed by atoms with Gasteiger partial charge in [-0.2, -0.15) is 0 Å². The van der Waals surface area contributed by atoms with Crippen molar-refractivity contribution in [1.82, 2.24) is 4.90 Å². The Balaban J connectivity index is 1.99. The molecule has 0 bridgehead atoms. The highest BCUT2D eigenvalue weighted by Gasteiger charge is 2.21. The van der Waals surface area contributed by atoms with E-state index < -0.39 is 15.9 Å². The number of urea groups is 1. The molecule has 1 aliphatic heterocycles. The topological polar surface area (TPSA) is 151 Å². The summed E-state index contributed by atoms with van der Waals surface area (Å²) in [4.78, 5) is 18.0. The largest absolute Gasteiger partial charge is 0.401 e. The Morgan fingerprint density at radius 1 is 1.38 bits per heavy atom. The minimum absolute atomic E-state index is 0.0391. The zero-order valence-electron chi connectivity index (χ0n) is 16.3. The quantitative estimate of drug-likeness (QED) is 0.395. The van der Waals surface area contributed by atoms with Crippen molar-refractivity contribution < 1.29 is 18.3 Å². The van der Waals surface area contributed by atoms with E-state index in [1.54, 1.807) is 29.2 Å². The van der Waals surface area contributed by atoms with E-state index in [0.717, 1.165) is 12.7 Å². The number of piperidine rings is 1. The second-order valence-electron chi connectivity index (χ2n) is 7.02. The summed E-state index contributed by atoms with van der Waals surface area (Å²) >= 11 is 0. The first-order valence-electron chi connectivity index (χ1n) is 9.05. The summed E-state index contributed by atoms with van der Waals surface area (Å²) in [5.74, 6) is -0.268. The summed E-state index contributed by atoms with van der Waals surface area (Å²) in [5, 5.41) is 12.5. The average molecular weight is 422 g/mol. The van der Waals surface area contributed by atoms with E-state index >= 15 is 0 Å². The fourth-order valence-corrected chi connectivity index (χ4v) is 3.56. The molecule has 1 aromatic rings. The Morgan fingerprint density at radius 3 is 2.62 bits per heavy atom. The van der Waals surface area contributed by atoms with Crippen molar-refractivity contribution >= 4 is 33.1 Å². The summed E-state index contributed by atoms with van der Waals surface area (Å²) in [5.41, 5.74) is 13.1. The van der Waals surface area contributed by atoms with Crippen LogP contribution in [0.4, 0.5) is 10.5 Å². The highest BCUT2D eigenvalue weighted by atomic mass is 32.2. The zero-order valence-corrected chi connectivity index (χ0v) is 17.2. The van der Waals surface area contributed by atoms with Gasteiger partial charge in [-0.15, -0.1) is 0 Å². The molecule has 2 amide bonds. The number of aliphatic hydroxyl groups is 1. The number of amides is 2. The van der Waals surface area contributed by atoms with Crippen LogP contribution in [0.3, 0.4) is 0 Å². The molecule has 9 nitrogen and oxygen atoms in total. The molecule has 29 heavy (non-hydrogen) atoms. The van der Waals surface area contributed by atoms with E-state index in [2.05, 4.69) is 16.9 Å². The number of hydrogen-bond donors (Lipinski definition) is 4. The van der Waals surface area contributed by atoms with Gasteiger partial charge in [0.2, 0.25) is 0 Å². The maximum Gasteiger partial charge on any atom is 0.321 e. The molecular formula is C19H27N5O4S. The predicted octanol–water partition coefficient (Wildman–Crippen LogP) is 0.890. The van der Waals surface area contributed by atoms with Crippen molar-refractivity contribution in [3.05, 3.63) is 48.2 Å². The van der Waals surface area contributed by atoms with Gasteiger partial charge in [-0.25, -0.2) is 18.2 Å². The van der Waals surface area contributed by atoms with Crippen LogP contribution in [0.1, 0.15) is 18.4 Å². The number of anilines is 1. The van der Waals surface area contributed by atoms with Crippen molar-refractivity contribution in [1.29, 1.82) is 0 Å². The van der Waals surface area contributed by atoms with E-state index in [9.17, 15) is 18.3 Å². The summed E-state index contributed by atoms with van der Waals surface area (Å²) in [6, 6.07) is 6.60. The van der Waals surface area contributed by atoms with Crippen molar-refractivity contribution in [2.75, 3.05) is 30.4 Å². The van der Waals surface area contributed by atoms with Crippen molar-refractivity contribution in [2.45, 2.75) is 18.9 Å². The number of nitrogens with one attached hydrogen (secondary N) is 1. The smallest absolute Gasteiger partial charge is 0.321 e. The van der Waals surface area contributed by atoms with E-state index in [4.69, 9.17) is 11.5 Å². The van der Waals surface area contributed by atoms with E-state index in [1.165, 1.54) is 6.08 Å². The number of nitrogens with two attached hydrogens (primary N) is 2. The second kappa shape index (κ2) is 9.57. The number of aliphatic imine (C=N–C) groups is 1. The van der Waals surface area contributed by atoms with Gasteiger partial charge in [0.05, 0.1) is 17.6 Å². The second-order valence-corrected chi connectivity index (χ2v) is 9.16. The molecule has 10 heteroatoms. The Bertz CT molecular complexity index is 922. The Labute approximate surface area is 170 Å². The van der Waals surface area contributed by atoms with E-state index in [1.807, 2.05) is 0 Å². The number of sulfone groups is 1. The Kier molecular flexibility index (Phi) is 7.40. The molecule has 0 aromatic heterocycles. The summed E-state index contributed by atoms with van der Waals surface area (Å²) in [6.45, 7) is 4.78. The summed E-state index contributed by atoms with van der Waals surface area (Å²) < 4.78 is 22.5. The van der Waals surface area contributed by atoms with Crippen LogP contribution in [-0.4, -0.2) is 61.5 Å². The molecule has 1 heterocycles. The summed E-state index contributed by atoms with van der Waals surface area (Å²) in [6.07, 6.45) is 3.36. The Hall–Kier alpha value is -2.85. The fourth-order valence-electron chi connectivity index (χ4n) is 2.87. The van der Waals surface area contributed by atoms with Gasteiger partial charge in [0, 0.05) is 30.7 Å². The molecule has 1 aromatic carbocycles. The van der Waals surface area contributed by atoms with Crippen molar-refractivity contribution in [2.24, 2.45) is 16.5 Å². The molecule has 1 unspecified atom stereocenters. The lowest BCUT2D eigenvalue weighted by Gasteiger charge is -2.30. The monoisotopic (exact) mass is 421 g/mol. The normalized spacial score (nSPS) is 18.4. The van der Waals surface area contributed by atoms with Gasteiger partial charge >= 0.3 is 6.03 Å². The van der Waals surface area contributed by atoms with Crippen LogP contribution in [0.5, 0.6) is 0 Å². The van der Waals surface area contributed by atoms with Crippen LogP contribution in [-0.2, 0) is 9.84 Å². The van der Waals surface area contributed by atoms with Crippen LogP contribution in [0.25, 0.3) is 5.70 Å². The Morgan fingerprint density at radius 2 is 2.03 bits per heavy atom. The van der Waals surface area contributed by atoms with E-state index in [-0.39, 0.29) is 23.3 Å². The highest BCUT2D eigenvalue weighted by Crippen LogP contribution is 2.18. The van der Waals surface area contributed by atoms with Crippen LogP contribution < -0.4 is 16.8 Å². The first-order chi connectivity index (χ1) is 13.5. The number of hydrogen-bond acceptors (Lipinski definition) is 6. The highest BCUT2D eigenvalue weighted by molar-refractivity contribution is 7.90. The van der Waals surface area contributed by atoms with Crippen LogP contribution >= 0.6 is 0 Å². The standard InChI is InChI=1S/C19H27N5O4S/c1-13(22-18(21)10-15(20)12-29(2,27)28)14-5-7-16(8-6-14)23-19(26)24-9-3-4-17(25)11-24/h5-8,10,17,25H,1,3-4,9,11-12,20H2,2H3,(H2,21,22)(H,23,26)/b15-10-.